The van der Waals surface area contributed by atoms with E-state index in [2.05, 4.69) is 0 Å². The van der Waals surface area contributed by atoms with Crippen LogP contribution in [0, 0.1) is 0 Å². The van der Waals surface area contributed by atoms with Crippen molar-refractivity contribution in [2.45, 2.75) is 115 Å². The lowest BCUT2D eigenvalue weighted by molar-refractivity contribution is -0.956. The van der Waals surface area contributed by atoms with Crippen molar-refractivity contribution in [2.75, 3.05) is 26.7 Å². The molecule has 2 bridgehead atoms. The summed E-state index contributed by atoms with van der Waals surface area (Å²) in [6, 6.07) is 18.6. The summed E-state index contributed by atoms with van der Waals surface area (Å²) in [5.41, 5.74) is -1.00. The van der Waals surface area contributed by atoms with Gasteiger partial charge in [0.1, 0.15) is 6.10 Å². The van der Waals surface area contributed by atoms with Crippen molar-refractivity contribution in [2.24, 2.45) is 0 Å². The number of hydrogen-bond donors (Lipinski definition) is 0. The number of hydrogen-bond acceptors (Lipinski definition) is 13. The van der Waals surface area contributed by atoms with Crippen molar-refractivity contribution < 1.29 is 65.4 Å². The van der Waals surface area contributed by atoms with Crippen LogP contribution in [0.4, 0.5) is 9.59 Å². The highest BCUT2D eigenvalue weighted by atomic mass is 31.2. The Bertz CT molecular complexity index is 1450. The standard InChI is InChI=1S/C37H51NO13P/c1-26(2)47-35(40)43-24-45-52(42,46-25-44-36(41)48-27(3)4)51-28(5)50-37(29-14-8-6-9-15-29,30-16-10-7-11-17-30)34(39)49-33-22-31-18-19-32(23-33)38(31)20-12-13-21-38/h6-11,14-17,26-28,31-33H,12-13,18-25H2,1-5H3/q+1/t28-,31?,32?,33?/m1/s1. The van der Waals surface area contributed by atoms with Crippen LogP contribution in [0.15, 0.2) is 60.7 Å². The predicted molar refractivity (Wildman–Crippen MR) is 185 cm³/mol. The van der Waals surface area contributed by atoms with E-state index >= 15 is 0 Å². The third kappa shape index (κ3) is 9.52. The number of esters is 1. The van der Waals surface area contributed by atoms with E-state index in [1.807, 2.05) is 12.1 Å². The molecule has 52 heavy (non-hydrogen) atoms. The van der Waals surface area contributed by atoms with Gasteiger partial charge in [-0.1, -0.05) is 60.7 Å². The molecule has 2 aromatic rings. The van der Waals surface area contributed by atoms with Gasteiger partial charge in [0.25, 0.3) is 0 Å². The van der Waals surface area contributed by atoms with Crippen molar-refractivity contribution in [3.63, 3.8) is 0 Å². The Morgan fingerprint density at radius 3 is 1.65 bits per heavy atom. The van der Waals surface area contributed by atoms with Gasteiger partial charge in [-0.3, -0.25) is 4.52 Å². The summed E-state index contributed by atoms with van der Waals surface area (Å²) in [7, 11) is -4.76. The average molecular weight is 749 g/mol. The van der Waals surface area contributed by atoms with E-state index in [0.717, 1.165) is 30.2 Å². The monoisotopic (exact) mass is 748 g/mol. The Morgan fingerprint density at radius 2 is 1.21 bits per heavy atom. The Morgan fingerprint density at radius 1 is 0.750 bits per heavy atom. The van der Waals surface area contributed by atoms with Crippen LogP contribution in [0.3, 0.4) is 0 Å². The van der Waals surface area contributed by atoms with Gasteiger partial charge in [0.2, 0.25) is 19.2 Å². The number of quaternary nitrogens is 1. The Hall–Kier alpha value is -3.52. The quantitative estimate of drug-likeness (QED) is 0.0554. The van der Waals surface area contributed by atoms with Crippen molar-refractivity contribution in [1.29, 1.82) is 0 Å². The second kappa shape index (κ2) is 17.5. The van der Waals surface area contributed by atoms with Gasteiger partial charge in [0, 0.05) is 38.5 Å². The first kappa shape index (κ1) is 39.7. The van der Waals surface area contributed by atoms with Crippen LogP contribution in [-0.2, 0) is 57.0 Å². The first-order valence-corrected chi connectivity index (χ1v) is 19.4. The Kier molecular flexibility index (Phi) is 13.4. The summed E-state index contributed by atoms with van der Waals surface area (Å²) in [6.45, 7) is 8.41. The molecule has 3 aliphatic heterocycles. The molecule has 1 spiro atoms. The highest BCUT2D eigenvalue weighted by Crippen LogP contribution is 2.52. The average Bonchev–Trinajstić information content (AvgIpc) is 3.63. The van der Waals surface area contributed by atoms with Gasteiger partial charge >= 0.3 is 26.1 Å². The second-order valence-corrected chi connectivity index (χ2v) is 15.5. The number of nitrogens with zero attached hydrogens (tertiary/aromatic N) is 1. The van der Waals surface area contributed by atoms with E-state index in [-0.39, 0.29) is 6.10 Å². The first-order chi connectivity index (χ1) is 24.8. The van der Waals surface area contributed by atoms with Crippen LogP contribution in [0.1, 0.15) is 84.3 Å². The van der Waals surface area contributed by atoms with E-state index in [1.165, 1.54) is 32.9 Å². The second-order valence-electron chi connectivity index (χ2n) is 13.9. The smallest absolute Gasteiger partial charge is 0.459 e. The maximum atomic E-state index is 14.8. The minimum Gasteiger partial charge on any atom is -0.459 e. The highest BCUT2D eigenvalue weighted by Gasteiger charge is 2.57. The van der Waals surface area contributed by atoms with E-state index in [1.54, 1.807) is 76.2 Å². The summed E-state index contributed by atoms with van der Waals surface area (Å²) < 4.78 is 63.9. The molecule has 0 aromatic heterocycles. The molecular formula is C37H51NO13P+. The Balaban J connectivity index is 1.39. The number of benzene rings is 2. The van der Waals surface area contributed by atoms with E-state index in [0.29, 0.717) is 23.2 Å². The van der Waals surface area contributed by atoms with Crippen LogP contribution in [-0.4, -0.2) is 86.1 Å². The molecule has 0 aliphatic carbocycles. The molecule has 0 radical (unpaired) electrons. The SMILES string of the molecule is CC(C)OC(=O)OCOP(=O)(OCOC(=O)OC(C)C)O[C@H](C)OC(C(=O)OC1CC2CCC(C1)[N+]21CCCC1)(c1ccccc1)c1ccccc1. The molecule has 0 N–H and O–H groups in total. The zero-order valence-electron chi connectivity index (χ0n) is 30.5. The molecular weight excluding hydrogens is 697 g/mol. The summed E-state index contributed by atoms with van der Waals surface area (Å²) in [6.07, 6.45) is 1.26. The Labute approximate surface area is 305 Å². The highest BCUT2D eigenvalue weighted by molar-refractivity contribution is 7.48. The van der Waals surface area contributed by atoms with Gasteiger partial charge in [-0.25, -0.2) is 28.0 Å². The molecule has 3 saturated heterocycles. The molecule has 2 unspecified atom stereocenters. The molecule has 15 heteroatoms. The summed E-state index contributed by atoms with van der Waals surface area (Å²) in [5, 5.41) is 0. The van der Waals surface area contributed by atoms with Gasteiger partial charge < -0.3 is 32.9 Å². The molecule has 0 amide bonds. The van der Waals surface area contributed by atoms with Crippen molar-refractivity contribution >= 4 is 26.1 Å². The van der Waals surface area contributed by atoms with Crippen LogP contribution in [0.2, 0.25) is 0 Å². The van der Waals surface area contributed by atoms with Crippen LogP contribution >= 0.6 is 7.82 Å². The fraction of sp³-hybridized carbons (Fsp3) is 0.595. The molecule has 286 valence electrons. The number of piperidine rings is 1. The topological polar surface area (TPSA) is 151 Å². The van der Waals surface area contributed by atoms with Gasteiger partial charge in [0.15, 0.2) is 6.29 Å². The summed E-state index contributed by atoms with van der Waals surface area (Å²) >= 11 is 0. The van der Waals surface area contributed by atoms with Gasteiger partial charge in [-0.05, 0) is 45.7 Å². The molecule has 2 aromatic carbocycles. The number of carbonyl (C=O) groups is 3. The molecule has 14 nitrogen and oxygen atoms in total. The van der Waals surface area contributed by atoms with Crippen molar-refractivity contribution in [1.82, 2.24) is 0 Å². The predicted octanol–water partition coefficient (Wildman–Crippen LogP) is 7.34. The minimum atomic E-state index is -4.76. The fourth-order valence-electron chi connectivity index (χ4n) is 7.75. The van der Waals surface area contributed by atoms with Crippen LogP contribution < -0.4 is 0 Å². The lowest BCUT2D eigenvalue weighted by atomic mass is 9.85. The molecule has 3 heterocycles. The number of carbonyl (C=O) groups excluding carboxylic acids is 3. The molecule has 3 fully saturated rings. The van der Waals surface area contributed by atoms with Gasteiger partial charge in [-0.2, -0.15) is 0 Å². The third-order valence-electron chi connectivity index (χ3n) is 9.74. The van der Waals surface area contributed by atoms with Gasteiger partial charge in [-0.15, -0.1) is 0 Å². The minimum absolute atomic E-state index is 0.316. The zero-order chi connectivity index (χ0) is 37.4. The number of rotatable bonds is 16. The van der Waals surface area contributed by atoms with Crippen LogP contribution in [0.25, 0.3) is 0 Å². The number of phosphoric acid groups is 1. The summed E-state index contributed by atoms with van der Waals surface area (Å²) in [4.78, 5) is 38.7. The van der Waals surface area contributed by atoms with E-state index in [9.17, 15) is 18.9 Å². The van der Waals surface area contributed by atoms with Crippen LogP contribution in [0.5, 0.6) is 0 Å². The molecule has 3 aliphatic rings. The van der Waals surface area contributed by atoms with Crippen molar-refractivity contribution in [3.05, 3.63) is 71.8 Å². The third-order valence-corrected chi connectivity index (χ3v) is 11.1. The largest absolute Gasteiger partial charge is 0.510 e. The molecule has 3 atom stereocenters. The van der Waals surface area contributed by atoms with Gasteiger partial charge in [0.05, 0.1) is 37.4 Å². The number of phosphoric ester groups is 1. The fourth-order valence-corrected chi connectivity index (χ4v) is 8.72. The zero-order valence-corrected chi connectivity index (χ0v) is 31.4. The van der Waals surface area contributed by atoms with E-state index in [4.69, 9.17) is 42.0 Å². The first-order valence-electron chi connectivity index (χ1n) is 18.0. The normalized spacial score (nSPS) is 21.6. The van der Waals surface area contributed by atoms with E-state index < -0.39 is 63.8 Å². The van der Waals surface area contributed by atoms with Crippen molar-refractivity contribution in [3.8, 4) is 0 Å². The molecule has 5 rings (SSSR count). The summed E-state index contributed by atoms with van der Waals surface area (Å²) in [5.74, 6) is -0.657. The molecule has 0 saturated carbocycles. The maximum absolute atomic E-state index is 14.8. The number of ether oxygens (including phenoxy) is 6. The maximum Gasteiger partial charge on any atom is 0.510 e. The lowest BCUT2D eigenvalue weighted by Gasteiger charge is -2.47. The lowest BCUT2D eigenvalue weighted by Crippen LogP contribution is -2.60.